The lowest BCUT2D eigenvalue weighted by atomic mass is 10.2. The van der Waals surface area contributed by atoms with E-state index in [1.165, 1.54) is 12.1 Å². The van der Waals surface area contributed by atoms with Crippen LogP contribution in [0.3, 0.4) is 0 Å². The maximum Gasteiger partial charge on any atom is 0.123 e. The molecule has 1 fully saturated rings. The molecule has 3 rings (SSSR count). The SMILES string of the molecule is N#Cc1ccc(OCCN2CCN(c3ccc(F)cc3)CC2)cc1. The molecule has 4 nitrogen and oxygen atoms in total. The van der Waals surface area contributed by atoms with Crippen molar-refractivity contribution in [3.63, 3.8) is 0 Å². The summed E-state index contributed by atoms with van der Waals surface area (Å²) < 4.78 is 18.7. The highest BCUT2D eigenvalue weighted by Gasteiger charge is 2.17. The lowest BCUT2D eigenvalue weighted by Gasteiger charge is -2.36. The zero-order chi connectivity index (χ0) is 16.8. The summed E-state index contributed by atoms with van der Waals surface area (Å²) in [4.78, 5) is 4.64. The van der Waals surface area contributed by atoms with Gasteiger partial charge in [0.15, 0.2) is 0 Å². The Hall–Kier alpha value is -2.58. The van der Waals surface area contributed by atoms with E-state index in [0.29, 0.717) is 12.2 Å². The van der Waals surface area contributed by atoms with Gasteiger partial charge in [-0.2, -0.15) is 5.26 Å². The fourth-order valence-electron chi connectivity index (χ4n) is 2.80. The van der Waals surface area contributed by atoms with Crippen LogP contribution in [-0.4, -0.2) is 44.2 Å². The molecule has 0 amide bonds. The topological polar surface area (TPSA) is 39.5 Å². The van der Waals surface area contributed by atoms with Crippen molar-refractivity contribution in [3.8, 4) is 11.8 Å². The predicted molar refractivity (Wildman–Crippen MR) is 91.7 cm³/mol. The van der Waals surface area contributed by atoms with Gasteiger partial charge in [-0.15, -0.1) is 0 Å². The summed E-state index contributed by atoms with van der Waals surface area (Å²) in [5.41, 5.74) is 1.71. The number of rotatable bonds is 5. The first-order valence-electron chi connectivity index (χ1n) is 8.10. The lowest BCUT2D eigenvalue weighted by molar-refractivity contribution is 0.200. The number of piperazine rings is 1. The van der Waals surface area contributed by atoms with Crippen LogP contribution >= 0.6 is 0 Å². The van der Waals surface area contributed by atoms with Gasteiger partial charge in [-0.1, -0.05) is 0 Å². The minimum Gasteiger partial charge on any atom is -0.492 e. The second-order valence-electron chi connectivity index (χ2n) is 5.79. The van der Waals surface area contributed by atoms with E-state index in [0.717, 1.165) is 44.2 Å². The summed E-state index contributed by atoms with van der Waals surface area (Å²) >= 11 is 0. The van der Waals surface area contributed by atoms with Crippen LogP contribution in [0.1, 0.15) is 5.56 Å². The van der Waals surface area contributed by atoms with Gasteiger partial charge < -0.3 is 9.64 Å². The summed E-state index contributed by atoms with van der Waals surface area (Å²) in [5, 5.41) is 8.77. The molecular weight excluding hydrogens is 305 g/mol. The minimum absolute atomic E-state index is 0.197. The molecular formula is C19H20FN3O. The number of benzene rings is 2. The van der Waals surface area contributed by atoms with E-state index in [9.17, 15) is 4.39 Å². The molecule has 0 aromatic heterocycles. The van der Waals surface area contributed by atoms with E-state index in [1.54, 1.807) is 12.1 Å². The summed E-state index contributed by atoms with van der Waals surface area (Å²) in [6.07, 6.45) is 0. The average molecular weight is 325 g/mol. The highest BCUT2D eigenvalue weighted by atomic mass is 19.1. The van der Waals surface area contributed by atoms with Gasteiger partial charge in [-0.3, -0.25) is 4.90 Å². The van der Waals surface area contributed by atoms with Crippen molar-refractivity contribution in [2.75, 3.05) is 44.2 Å². The van der Waals surface area contributed by atoms with E-state index in [2.05, 4.69) is 15.9 Å². The molecule has 0 atom stereocenters. The number of hydrogen-bond donors (Lipinski definition) is 0. The predicted octanol–water partition coefficient (Wildman–Crippen LogP) is 2.90. The highest BCUT2D eigenvalue weighted by molar-refractivity contribution is 5.46. The molecule has 0 radical (unpaired) electrons. The van der Waals surface area contributed by atoms with Gasteiger partial charge in [0.2, 0.25) is 0 Å². The Balaban J connectivity index is 1.40. The molecule has 24 heavy (non-hydrogen) atoms. The van der Waals surface area contributed by atoms with Gasteiger partial charge in [0.25, 0.3) is 0 Å². The fraction of sp³-hybridized carbons (Fsp3) is 0.316. The van der Waals surface area contributed by atoms with Crippen LogP contribution in [0.4, 0.5) is 10.1 Å². The van der Waals surface area contributed by atoms with Crippen LogP contribution in [0, 0.1) is 17.1 Å². The molecule has 5 heteroatoms. The number of anilines is 1. The average Bonchev–Trinajstić information content (AvgIpc) is 2.64. The van der Waals surface area contributed by atoms with Gasteiger partial charge >= 0.3 is 0 Å². The van der Waals surface area contributed by atoms with Gasteiger partial charge in [0, 0.05) is 38.4 Å². The Morgan fingerprint density at radius 1 is 0.958 bits per heavy atom. The van der Waals surface area contributed by atoms with Crippen molar-refractivity contribution in [2.45, 2.75) is 0 Å². The first-order valence-corrected chi connectivity index (χ1v) is 8.10. The normalized spacial score (nSPS) is 15.1. The number of halogens is 1. The second kappa shape index (κ2) is 7.80. The molecule has 1 aliphatic rings. The van der Waals surface area contributed by atoms with Crippen LogP contribution in [-0.2, 0) is 0 Å². The van der Waals surface area contributed by atoms with E-state index < -0.39 is 0 Å². The Morgan fingerprint density at radius 2 is 1.62 bits per heavy atom. The molecule has 0 saturated carbocycles. The summed E-state index contributed by atoms with van der Waals surface area (Å²) in [7, 11) is 0. The van der Waals surface area contributed by atoms with Crippen molar-refractivity contribution < 1.29 is 9.13 Å². The van der Waals surface area contributed by atoms with Crippen LogP contribution < -0.4 is 9.64 Å². The van der Waals surface area contributed by atoms with Crippen LogP contribution in [0.15, 0.2) is 48.5 Å². The summed E-state index contributed by atoms with van der Waals surface area (Å²) in [6.45, 7) is 5.30. The molecule has 0 unspecified atom stereocenters. The second-order valence-corrected chi connectivity index (χ2v) is 5.79. The van der Waals surface area contributed by atoms with Crippen molar-refractivity contribution in [1.29, 1.82) is 5.26 Å². The first-order chi connectivity index (χ1) is 11.7. The van der Waals surface area contributed by atoms with Gasteiger partial charge in [-0.25, -0.2) is 4.39 Å². The first kappa shape index (κ1) is 16.3. The summed E-state index contributed by atoms with van der Waals surface area (Å²) in [6, 6.07) is 15.9. The Kier molecular flexibility index (Phi) is 5.29. The van der Waals surface area contributed by atoms with E-state index in [1.807, 2.05) is 24.3 Å². The number of ether oxygens (including phenoxy) is 1. The number of nitrogens with zero attached hydrogens (tertiary/aromatic N) is 3. The largest absolute Gasteiger partial charge is 0.492 e. The monoisotopic (exact) mass is 325 g/mol. The minimum atomic E-state index is -0.197. The van der Waals surface area contributed by atoms with Gasteiger partial charge in [0.05, 0.1) is 11.6 Å². The Labute approximate surface area is 141 Å². The Bertz CT molecular complexity index is 686. The zero-order valence-corrected chi connectivity index (χ0v) is 13.5. The molecule has 1 heterocycles. The molecule has 1 saturated heterocycles. The van der Waals surface area contributed by atoms with Crippen molar-refractivity contribution in [2.24, 2.45) is 0 Å². The maximum absolute atomic E-state index is 13.0. The molecule has 0 bridgehead atoms. The number of nitriles is 1. The van der Waals surface area contributed by atoms with E-state index in [-0.39, 0.29) is 5.82 Å². The molecule has 1 aliphatic heterocycles. The van der Waals surface area contributed by atoms with Crippen LogP contribution in [0.5, 0.6) is 5.75 Å². The quantitative estimate of drug-likeness (QED) is 0.847. The van der Waals surface area contributed by atoms with Gasteiger partial charge in [0.1, 0.15) is 18.2 Å². The van der Waals surface area contributed by atoms with E-state index in [4.69, 9.17) is 10.00 Å². The molecule has 0 aliphatic carbocycles. The Morgan fingerprint density at radius 3 is 2.25 bits per heavy atom. The van der Waals surface area contributed by atoms with Gasteiger partial charge in [-0.05, 0) is 48.5 Å². The molecule has 0 N–H and O–H groups in total. The third-order valence-corrected chi connectivity index (χ3v) is 4.22. The highest BCUT2D eigenvalue weighted by Crippen LogP contribution is 2.17. The van der Waals surface area contributed by atoms with E-state index >= 15 is 0 Å². The zero-order valence-electron chi connectivity index (χ0n) is 13.5. The van der Waals surface area contributed by atoms with Crippen molar-refractivity contribution in [3.05, 3.63) is 59.9 Å². The molecule has 0 spiro atoms. The maximum atomic E-state index is 13.0. The lowest BCUT2D eigenvalue weighted by Crippen LogP contribution is -2.47. The van der Waals surface area contributed by atoms with Crippen molar-refractivity contribution >= 4 is 5.69 Å². The standard InChI is InChI=1S/C19H20FN3O/c20-17-3-5-18(6-4-17)23-11-9-22(10-12-23)13-14-24-19-7-1-16(15-21)2-8-19/h1-8H,9-14H2. The third-order valence-electron chi connectivity index (χ3n) is 4.22. The third kappa shape index (κ3) is 4.24. The molecule has 2 aromatic rings. The van der Waals surface area contributed by atoms with Crippen LogP contribution in [0.2, 0.25) is 0 Å². The fourth-order valence-corrected chi connectivity index (χ4v) is 2.80. The molecule has 124 valence electrons. The summed E-state index contributed by atoms with van der Waals surface area (Å²) in [5.74, 6) is 0.594. The smallest absolute Gasteiger partial charge is 0.123 e. The van der Waals surface area contributed by atoms with Crippen LogP contribution in [0.25, 0.3) is 0 Å². The number of hydrogen-bond acceptors (Lipinski definition) is 4. The van der Waals surface area contributed by atoms with Crippen molar-refractivity contribution in [1.82, 2.24) is 4.90 Å². The molecule has 2 aromatic carbocycles.